The lowest BCUT2D eigenvalue weighted by atomic mass is 10.2. The number of hydrogen-bond donors (Lipinski definition) is 1. The van der Waals surface area contributed by atoms with Gasteiger partial charge in [-0.1, -0.05) is 30.0 Å². The highest BCUT2D eigenvalue weighted by Crippen LogP contribution is 2.11. The number of furan rings is 1. The highest BCUT2D eigenvalue weighted by atomic mass is 16.3. The Morgan fingerprint density at radius 2 is 2.00 bits per heavy atom. The van der Waals surface area contributed by atoms with E-state index in [9.17, 15) is 0 Å². The summed E-state index contributed by atoms with van der Waals surface area (Å²) in [5.74, 6) is 7.13. The molecule has 17 heavy (non-hydrogen) atoms. The Balaban J connectivity index is 1.82. The molecule has 0 saturated carbocycles. The van der Waals surface area contributed by atoms with Gasteiger partial charge in [0.05, 0.1) is 18.8 Å². The van der Waals surface area contributed by atoms with Crippen molar-refractivity contribution in [2.45, 2.75) is 13.0 Å². The maximum Gasteiger partial charge on any atom is 0.120 e. The molecule has 1 aromatic carbocycles. The smallest absolute Gasteiger partial charge is 0.120 e. The van der Waals surface area contributed by atoms with Crippen molar-refractivity contribution in [1.29, 1.82) is 0 Å². The summed E-state index contributed by atoms with van der Waals surface area (Å²) in [4.78, 5) is 0. The molecule has 0 aliphatic heterocycles. The molecule has 1 aromatic heterocycles. The van der Waals surface area contributed by atoms with Gasteiger partial charge in [-0.25, -0.2) is 0 Å². The number of nitrogens with one attached hydrogen (secondary N) is 1. The first kappa shape index (κ1) is 11.5. The van der Waals surface area contributed by atoms with Crippen LogP contribution in [0.4, 0.5) is 0 Å². The molecular weight excluding hydrogens is 210 g/mol. The Labute approximate surface area is 102 Å². The van der Waals surface area contributed by atoms with Crippen molar-refractivity contribution in [3.8, 4) is 11.8 Å². The zero-order chi connectivity index (χ0) is 11.9. The molecule has 1 atom stereocenters. The Kier molecular flexibility index (Phi) is 4.01. The summed E-state index contributed by atoms with van der Waals surface area (Å²) in [5.41, 5.74) is 1.04. The second-order valence-electron chi connectivity index (χ2n) is 3.79. The Morgan fingerprint density at radius 3 is 2.71 bits per heavy atom. The molecule has 86 valence electrons. The van der Waals surface area contributed by atoms with Crippen molar-refractivity contribution in [3.05, 3.63) is 60.1 Å². The van der Waals surface area contributed by atoms with Gasteiger partial charge in [-0.2, -0.15) is 0 Å². The van der Waals surface area contributed by atoms with E-state index in [0.29, 0.717) is 6.54 Å². The van der Waals surface area contributed by atoms with Gasteiger partial charge in [0.2, 0.25) is 0 Å². The zero-order valence-electron chi connectivity index (χ0n) is 9.81. The molecule has 1 heterocycles. The van der Waals surface area contributed by atoms with Gasteiger partial charge in [0.25, 0.3) is 0 Å². The average molecular weight is 225 g/mol. The summed E-state index contributed by atoms with van der Waals surface area (Å²) in [6.07, 6.45) is 1.68. The van der Waals surface area contributed by atoms with Crippen molar-refractivity contribution < 1.29 is 4.42 Å². The molecule has 2 aromatic rings. The fourth-order valence-corrected chi connectivity index (χ4v) is 1.51. The van der Waals surface area contributed by atoms with E-state index in [4.69, 9.17) is 4.42 Å². The van der Waals surface area contributed by atoms with Crippen LogP contribution in [0.1, 0.15) is 24.3 Å². The van der Waals surface area contributed by atoms with Gasteiger partial charge in [-0.15, -0.1) is 0 Å². The second kappa shape index (κ2) is 5.93. The largest absolute Gasteiger partial charge is 0.468 e. The third-order valence-corrected chi connectivity index (χ3v) is 2.47. The van der Waals surface area contributed by atoms with Gasteiger partial charge in [-0.3, -0.25) is 5.32 Å². The zero-order valence-corrected chi connectivity index (χ0v) is 9.81. The van der Waals surface area contributed by atoms with Crippen LogP contribution in [0.5, 0.6) is 0 Å². The summed E-state index contributed by atoms with van der Waals surface area (Å²) in [5, 5.41) is 3.29. The molecule has 2 nitrogen and oxygen atoms in total. The summed E-state index contributed by atoms with van der Waals surface area (Å²) in [6, 6.07) is 14.0. The van der Waals surface area contributed by atoms with E-state index in [-0.39, 0.29) is 6.04 Å². The van der Waals surface area contributed by atoms with Crippen molar-refractivity contribution >= 4 is 0 Å². The Hall–Kier alpha value is -1.98. The van der Waals surface area contributed by atoms with Crippen LogP contribution in [0.2, 0.25) is 0 Å². The molecule has 2 heteroatoms. The maximum absolute atomic E-state index is 5.30. The number of benzene rings is 1. The van der Waals surface area contributed by atoms with E-state index >= 15 is 0 Å². The minimum atomic E-state index is 0.190. The lowest BCUT2D eigenvalue weighted by molar-refractivity contribution is 0.443. The van der Waals surface area contributed by atoms with Gasteiger partial charge >= 0.3 is 0 Å². The van der Waals surface area contributed by atoms with E-state index in [1.54, 1.807) is 6.26 Å². The van der Waals surface area contributed by atoms with Crippen LogP contribution in [-0.4, -0.2) is 6.54 Å². The molecule has 0 aliphatic rings. The van der Waals surface area contributed by atoms with Gasteiger partial charge < -0.3 is 4.42 Å². The summed E-state index contributed by atoms with van der Waals surface area (Å²) < 4.78 is 5.30. The van der Waals surface area contributed by atoms with Crippen molar-refractivity contribution in [1.82, 2.24) is 5.32 Å². The third kappa shape index (κ3) is 3.51. The van der Waals surface area contributed by atoms with Crippen LogP contribution in [0.15, 0.2) is 53.1 Å². The fourth-order valence-electron chi connectivity index (χ4n) is 1.51. The molecule has 1 unspecified atom stereocenters. The van der Waals surface area contributed by atoms with Crippen molar-refractivity contribution in [2.75, 3.05) is 6.54 Å². The second-order valence-corrected chi connectivity index (χ2v) is 3.79. The van der Waals surface area contributed by atoms with E-state index in [0.717, 1.165) is 11.3 Å². The Morgan fingerprint density at radius 1 is 1.18 bits per heavy atom. The molecule has 0 bridgehead atoms. The van der Waals surface area contributed by atoms with E-state index < -0.39 is 0 Å². The van der Waals surface area contributed by atoms with Gasteiger partial charge in [0, 0.05) is 5.56 Å². The molecule has 0 aliphatic carbocycles. The predicted molar refractivity (Wildman–Crippen MR) is 68.4 cm³/mol. The van der Waals surface area contributed by atoms with E-state index in [2.05, 4.69) is 24.1 Å². The number of rotatable bonds is 3. The molecular formula is C15H15NO. The lowest BCUT2D eigenvalue weighted by Gasteiger charge is -2.07. The quantitative estimate of drug-likeness (QED) is 0.812. The van der Waals surface area contributed by atoms with Crippen LogP contribution in [0, 0.1) is 11.8 Å². The number of hydrogen-bond acceptors (Lipinski definition) is 2. The van der Waals surface area contributed by atoms with Crippen molar-refractivity contribution in [2.24, 2.45) is 0 Å². The maximum atomic E-state index is 5.30. The standard InChI is InChI=1S/C15H15NO/c1-13(15-10-6-12-17-15)16-11-5-9-14-7-3-2-4-8-14/h2-4,6-8,10,12-13,16H,11H2,1H3. The molecule has 0 fully saturated rings. The fraction of sp³-hybridized carbons (Fsp3) is 0.200. The first-order valence-corrected chi connectivity index (χ1v) is 5.67. The summed E-state index contributed by atoms with van der Waals surface area (Å²) >= 11 is 0. The summed E-state index contributed by atoms with van der Waals surface area (Å²) in [6.45, 7) is 2.71. The van der Waals surface area contributed by atoms with Gasteiger partial charge in [-0.05, 0) is 31.2 Å². The highest BCUT2D eigenvalue weighted by Gasteiger charge is 2.04. The minimum Gasteiger partial charge on any atom is -0.468 e. The summed E-state index contributed by atoms with van der Waals surface area (Å²) in [7, 11) is 0. The molecule has 0 saturated heterocycles. The van der Waals surface area contributed by atoms with Crippen LogP contribution in [0.25, 0.3) is 0 Å². The normalized spacial score (nSPS) is 11.6. The molecule has 0 amide bonds. The SMILES string of the molecule is CC(NCC#Cc1ccccc1)c1ccco1. The third-order valence-electron chi connectivity index (χ3n) is 2.47. The van der Waals surface area contributed by atoms with Crippen LogP contribution in [-0.2, 0) is 0 Å². The molecule has 1 N–H and O–H groups in total. The monoisotopic (exact) mass is 225 g/mol. The first-order valence-electron chi connectivity index (χ1n) is 5.67. The van der Waals surface area contributed by atoms with Crippen LogP contribution >= 0.6 is 0 Å². The Bertz CT molecular complexity index is 491. The molecule has 0 spiro atoms. The molecule has 0 radical (unpaired) electrons. The minimum absolute atomic E-state index is 0.190. The molecule has 2 rings (SSSR count). The van der Waals surface area contributed by atoms with Crippen molar-refractivity contribution in [3.63, 3.8) is 0 Å². The van der Waals surface area contributed by atoms with Gasteiger partial charge in [0.15, 0.2) is 0 Å². The highest BCUT2D eigenvalue weighted by molar-refractivity contribution is 5.33. The lowest BCUT2D eigenvalue weighted by Crippen LogP contribution is -2.18. The average Bonchev–Trinajstić information content (AvgIpc) is 2.89. The van der Waals surface area contributed by atoms with Gasteiger partial charge in [0.1, 0.15) is 5.76 Å². The topological polar surface area (TPSA) is 25.2 Å². The van der Waals surface area contributed by atoms with E-state index in [1.165, 1.54) is 0 Å². The predicted octanol–water partition coefficient (Wildman–Crippen LogP) is 2.98. The van der Waals surface area contributed by atoms with E-state index in [1.807, 2.05) is 42.5 Å². The van der Waals surface area contributed by atoms with Crippen LogP contribution < -0.4 is 5.32 Å². The first-order chi connectivity index (χ1) is 8.36. The van der Waals surface area contributed by atoms with Crippen LogP contribution in [0.3, 0.4) is 0 Å².